The van der Waals surface area contributed by atoms with Crippen LogP contribution in [0.2, 0.25) is 0 Å². The molecule has 0 aromatic heterocycles. The van der Waals surface area contributed by atoms with Gasteiger partial charge in [-0.2, -0.15) is 8.42 Å². The number of rotatable bonds is 12. The summed E-state index contributed by atoms with van der Waals surface area (Å²) in [5.41, 5.74) is 0.934. The van der Waals surface area contributed by atoms with E-state index in [0.717, 1.165) is 24.8 Å². The van der Waals surface area contributed by atoms with Gasteiger partial charge in [0.2, 0.25) is 0 Å². The lowest BCUT2D eigenvalue weighted by Crippen LogP contribution is -2.51. The maximum atomic E-state index is 12.3. The number of ether oxygens (including phenoxy) is 2. The molecule has 1 aliphatic heterocycles. The third-order valence-electron chi connectivity index (χ3n) is 5.03. The molecule has 0 spiro atoms. The minimum absolute atomic E-state index is 0.0322. The van der Waals surface area contributed by atoms with Crippen LogP contribution in [0.25, 0.3) is 0 Å². The molecule has 1 aliphatic rings. The van der Waals surface area contributed by atoms with Gasteiger partial charge in [-0.3, -0.25) is 4.18 Å². The third kappa shape index (κ3) is 7.96. The SMILES string of the molecule is CCCCCCCCO[C@H]1C[C@@H](O)[C@H](O)[C@@H](COS(=O)(=O)c2ccc(C)cc2)O1. The molecule has 29 heavy (non-hydrogen) atoms. The summed E-state index contributed by atoms with van der Waals surface area (Å²) in [6.45, 7) is 4.13. The average molecular weight is 431 g/mol. The molecule has 166 valence electrons. The number of hydrogen-bond acceptors (Lipinski definition) is 7. The van der Waals surface area contributed by atoms with Gasteiger partial charge >= 0.3 is 0 Å². The zero-order chi connectivity index (χ0) is 21.3. The summed E-state index contributed by atoms with van der Waals surface area (Å²) in [7, 11) is -3.98. The van der Waals surface area contributed by atoms with Crippen LogP contribution in [0.3, 0.4) is 0 Å². The van der Waals surface area contributed by atoms with Crippen LogP contribution in [-0.4, -0.2) is 56.4 Å². The molecule has 2 rings (SSSR count). The molecule has 0 aliphatic carbocycles. The molecule has 7 nitrogen and oxygen atoms in total. The fourth-order valence-electron chi connectivity index (χ4n) is 3.19. The molecule has 0 saturated carbocycles. The van der Waals surface area contributed by atoms with Gasteiger partial charge in [-0.25, -0.2) is 0 Å². The van der Waals surface area contributed by atoms with Crippen LogP contribution in [0.5, 0.6) is 0 Å². The Kier molecular flexibility index (Phi) is 10.0. The van der Waals surface area contributed by atoms with E-state index in [1.807, 2.05) is 6.92 Å². The molecule has 0 unspecified atom stereocenters. The summed E-state index contributed by atoms with van der Waals surface area (Å²) in [5, 5.41) is 20.2. The number of hydrogen-bond donors (Lipinski definition) is 2. The van der Waals surface area contributed by atoms with Crippen LogP contribution in [-0.2, 0) is 23.8 Å². The molecule has 1 aromatic rings. The highest BCUT2D eigenvalue weighted by Gasteiger charge is 2.38. The van der Waals surface area contributed by atoms with Crippen molar-refractivity contribution in [2.75, 3.05) is 13.2 Å². The molecule has 2 N–H and O–H groups in total. The Labute approximate surface area is 174 Å². The standard InChI is InChI=1S/C21H34O7S/c1-3-4-5-6-7-8-13-26-20-14-18(22)21(23)19(28-20)15-27-29(24,25)17-11-9-16(2)10-12-17/h9-12,18-23H,3-8,13-15H2,1-2H3/t18-,19-,20-,21+/m1/s1. The van der Waals surface area contributed by atoms with E-state index >= 15 is 0 Å². The summed E-state index contributed by atoms with van der Waals surface area (Å²) in [4.78, 5) is 0.0322. The predicted molar refractivity (Wildman–Crippen MR) is 109 cm³/mol. The molecular formula is C21H34O7S. The number of aliphatic hydroxyl groups is 2. The van der Waals surface area contributed by atoms with Crippen molar-refractivity contribution in [3.63, 3.8) is 0 Å². The second kappa shape index (κ2) is 12.0. The Bertz CT molecular complexity index is 689. The average Bonchev–Trinajstić information content (AvgIpc) is 2.69. The van der Waals surface area contributed by atoms with Crippen LogP contribution >= 0.6 is 0 Å². The molecule has 1 aromatic carbocycles. The minimum Gasteiger partial charge on any atom is -0.390 e. The van der Waals surface area contributed by atoms with E-state index in [-0.39, 0.29) is 11.3 Å². The second-order valence-electron chi connectivity index (χ2n) is 7.59. The largest absolute Gasteiger partial charge is 0.390 e. The van der Waals surface area contributed by atoms with E-state index in [9.17, 15) is 18.6 Å². The summed E-state index contributed by atoms with van der Waals surface area (Å²) in [6.07, 6.45) is 2.94. The molecule has 0 amide bonds. The number of unbranched alkanes of at least 4 members (excludes halogenated alkanes) is 5. The first-order valence-electron chi connectivity index (χ1n) is 10.4. The zero-order valence-electron chi connectivity index (χ0n) is 17.3. The molecule has 1 saturated heterocycles. The maximum Gasteiger partial charge on any atom is 0.297 e. The van der Waals surface area contributed by atoms with Gasteiger partial charge in [-0.1, -0.05) is 56.7 Å². The Morgan fingerprint density at radius 1 is 1.07 bits per heavy atom. The first kappa shape index (κ1) is 24.2. The van der Waals surface area contributed by atoms with Gasteiger partial charge in [-0.15, -0.1) is 0 Å². The quantitative estimate of drug-likeness (QED) is 0.388. The van der Waals surface area contributed by atoms with E-state index < -0.39 is 41.3 Å². The lowest BCUT2D eigenvalue weighted by Gasteiger charge is -2.36. The zero-order valence-corrected chi connectivity index (χ0v) is 18.1. The van der Waals surface area contributed by atoms with Crippen molar-refractivity contribution < 1.29 is 32.3 Å². The summed E-state index contributed by atoms with van der Waals surface area (Å²) in [5.74, 6) is 0. The van der Waals surface area contributed by atoms with Gasteiger partial charge < -0.3 is 19.7 Å². The van der Waals surface area contributed by atoms with Gasteiger partial charge in [0, 0.05) is 13.0 Å². The Balaban J connectivity index is 1.80. The topological polar surface area (TPSA) is 102 Å². The van der Waals surface area contributed by atoms with Crippen molar-refractivity contribution in [3.8, 4) is 0 Å². The predicted octanol–water partition coefficient (Wildman–Crippen LogP) is 2.91. The molecule has 1 heterocycles. The Morgan fingerprint density at radius 3 is 2.41 bits per heavy atom. The fourth-order valence-corrected chi connectivity index (χ4v) is 4.11. The van der Waals surface area contributed by atoms with E-state index in [2.05, 4.69) is 6.92 Å². The molecular weight excluding hydrogens is 396 g/mol. The fraction of sp³-hybridized carbons (Fsp3) is 0.714. The van der Waals surface area contributed by atoms with Crippen molar-refractivity contribution in [2.24, 2.45) is 0 Å². The minimum atomic E-state index is -3.98. The first-order valence-corrected chi connectivity index (χ1v) is 11.8. The van der Waals surface area contributed by atoms with Crippen molar-refractivity contribution in [1.29, 1.82) is 0 Å². The van der Waals surface area contributed by atoms with Crippen molar-refractivity contribution in [3.05, 3.63) is 29.8 Å². The van der Waals surface area contributed by atoms with Gasteiger partial charge in [-0.05, 0) is 25.5 Å². The Morgan fingerprint density at radius 2 is 1.72 bits per heavy atom. The summed E-state index contributed by atoms with van der Waals surface area (Å²) >= 11 is 0. The molecule has 4 atom stereocenters. The van der Waals surface area contributed by atoms with Crippen molar-refractivity contribution in [2.45, 2.75) is 88.3 Å². The Hall–Kier alpha value is -1.03. The van der Waals surface area contributed by atoms with Gasteiger partial charge in [0.25, 0.3) is 10.1 Å². The van der Waals surface area contributed by atoms with E-state index in [4.69, 9.17) is 13.7 Å². The van der Waals surface area contributed by atoms with Crippen LogP contribution in [0, 0.1) is 6.92 Å². The highest BCUT2D eigenvalue weighted by atomic mass is 32.2. The first-order chi connectivity index (χ1) is 13.8. The highest BCUT2D eigenvalue weighted by molar-refractivity contribution is 7.86. The van der Waals surface area contributed by atoms with E-state index in [0.29, 0.717) is 6.61 Å². The smallest absolute Gasteiger partial charge is 0.297 e. The molecule has 1 fully saturated rings. The lowest BCUT2D eigenvalue weighted by atomic mass is 10.0. The third-order valence-corrected chi connectivity index (χ3v) is 6.33. The normalized spacial score (nSPS) is 25.2. The maximum absolute atomic E-state index is 12.3. The van der Waals surface area contributed by atoms with Crippen LogP contribution in [0.4, 0.5) is 0 Å². The monoisotopic (exact) mass is 430 g/mol. The van der Waals surface area contributed by atoms with Crippen molar-refractivity contribution >= 4 is 10.1 Å². The van der Waals surface area contributed by atoms with Gasteiger partial charge in [0.15, 0.2) is 6.29 Å². The van der Waals surface area contributed by atoms with Crippen LogP contribution in [0.15, 0.2) is 29.2 Å². The summed E-state index contributed by atoms with van der Waals surface area (Å²) < 4.78 is 41.0. The number of aryl methyl sites for hydroxylation is 1. The van der Waals surface area contributed by atoms with Crippen LogP contribution in [0.1, 0.15) is 57.4 Å². The second-order valence-corrected chi connectivity index (χ2v) is 9.20. The lowest BCUT2D eigenvalue weighted by molar-refractivity contribution is -0.255. The number of benzene rings is 1. The van der Waals surface area contributed by atoms with Gasteiger partial charge in [0.1, 0.15) is 12.2 Å². The molecule has 0 radical (unpaired) electrons. The number of aliphatic hydroxyl groups excluding tert-OH is 2. The summed E-state index contributed by atoms with van der Waals surface area (Å²) in [6, 6.07) is 6.28. The molecule has 0 bridgehead atoms. The van der Waals surface area contributed by atoms with E-state index in [1.54, 1.807) is 12.1 Å². The van der Waals surface area contributed by atoms with Crippen molar-refractivity contribution in [1.82, 2.24) is 0 Å². The molecule has 8 heteroatoms. The highest BCUT2D eigenvalue weighted by Crippen LogP contribution is 2.23. The van der Waals surface area contributed by atoms with Gasteiger partial charge in [0.05, 0.1) is 17.6 Å². The van der Waals surface area contributed by atoms with E-state index in [1.165, 1.54) is 31.4 Å². The van der Waals surface area contributed by atoms with Crippen LogP contribution < -0.4 is 0 Å².